The monoisotopic (exact) mass is 384 g/mol. The molecule has 0 aliphatic carbocycles. The van der Waals surface area contributed by atoms with Crippen LogP contribution in [-0.4, -0.2) is 58.4 Å². The molecule has 1 aliphatic heterocycles. The number of nitrogens with zero attached hydrogens (tertiary/aromatic N) is 4. The van der Waals surface area contributed by atoms with E-state index in [-0.39, 0.29) is 11.8 Å². The maximum atomic E-state index is 12.7. The van der Waals surface area contributed by atoms with Gasteiger partial charge >= 0.3 is 0 Å². The van der Waals surface area contributed by atoms with Crippen LogP contribution < -0.4 is 10.6 Å². The van der Waals surface area contributed by atoms with E-state index in [0.717, 1.165) is 50.2 Å². The zero-order chi connectivity index (χ0) is 19.9. The molecule has 1 aliphatic rings. The Hall–Kier alpha value is -2.74. The number of nitrogens with one attached hydrogen (secondary N) is 2. The number of carbonyl (C=O) groups is 2. The summed E-state index contributed by atoms with van der Waals surface area (Å²) in [4.78, 5) is 36.1. The second-order valence-electron chi connectivity index (χ2n) is 7.26. The topological polar surface area (TPSA) is 92.2 Å². The van der Waals surface area contributed by atoms with Gasteiger partial charge in [0, 0.05) is 19.3 Å². The molecule has 0 saturated heterocycles. The Bertz CT molecular complexity index is 816. The van der Waals surface area contributed by atoms with Gasteiger partial charge < -0.3 is 20.1 Å². The molecule has 2 amide bonds. The lowest BCUT2D eigenvalue weighted by molar-refractivity contribution is 0.0936. The molecule has 0 fully saturated rings. The van der Waals surface area contributed by atoms with Crippen LogP contribution in [0.15, 0.2) is 24.4 Å². The summed E-state index contributed by atoms with van der Waals surface area (Å²) < 4.78 is 1.90. The fraction of sp³-hybridized carbons (Fsp3) is 0.500. The first-order valence-corrected chi connectivity index (χ1v) is 9.76. The van der Waals surface area contributed by atoms with Gasteiger partial charge in [-0.25, -0.2) is 4.98 Å². The van der Waals surface area contributed by atoms with E-state index in [1.165, 1.54) is 0 Å². The first kappa shape index (κ1) is 20.0. The molecule has 0 bridgehead atoms. The summed E-state index contributed by atoms with van der Waals surface area (Å²) in [6, 6.07) is 5.57. The summed E-state index contributed by atoms with van der Waals surface area (Å²) in [5.41, 5.74) is 1.99. The minimum Gasteiger partial charge on any atom is -0.349 e. The Morgan fingerprint density at radius 2 is 2.04 bits per heavy atom. The lowest BCUT2D eigenvalue weighted by Crippen LogP contribution is -2.30. The van der Waals surface area contributed by atoms with Crippen LogP contribution in [-0.2, 0) is 19.5 Å². The summed E-state index contributed by atoms with van der Waals surface area (Å²) >= 11 is 0. The van der Waals surface area contributed by atoms with Crippen molar-refractivity contribution in [1.29, 1.82) is 0 Å². The molecule has 0 spiro atoms. The lowest BCUT2D eigenvalue weighted by atomic mass is 10.1. The molecule has 3 heterocycles. The number of carbonyl (C=O) groups excluding carboxylic acids is 2. The lowest BCUT2D eigenvalue weighted by Gasteiger charge is -2.17. The number of fused-ring (bicyclic) bond motifs is 1. The third kappa shape index (κ3) is 4.95. The van der Waals surface area contributed by atoms with E-state index in [2.05, 4.69) is 25.5 Å². The normalized spacial score (nSPS) is 13.2. The Balaban J connectivity index is 1.69. The number of hydrogen-bond acceptors (Lipinski definition) is 5. The van der Waals surface area contributed by atoms with E-state index in [9.17, 15) is 9.59 Å². The van der Waals surface area contributed by atoms with Crippen LogP contribution >= 0.6 is 0 Å². The number of hydrogen-bond donors (Lipinski definition) is 2. The Morgan fingerprint density at radius 1 is 1.18 bits per heavy atom. The Morgan fingerprint density at radius 3 is 2.79 bits per heavy atom. The zero-order valence-electron chi connectivity index (χ0n) is 16.6. The predicted molar refractivity (Wildman–Crippen MR) is 106 cm³/mol. The average Bonchev–Trinajstić information content (AvgIpc) is 3.10. The van der Waals surface area contributed by atoms with Gasteiger partial charge in [-0.1, -0.05) is 6.07 Å². The highest BCUT2D eigenvalue weighted by Crippen LogP contribution is 2.21. The van der Waals surface area contributed by atoms with Crippen molar-refractivity contribution in [3.63, 3.8) is 0 Å². The standard InChI is InChI=1S/C20H28N6O2/c1-25(2)12-7-11-22-20(28)18-24-17(16-9-4-6-13-26(16)18)19(27)23-14-15-8-3-5-10-21-15/h3,5,8,10H,4,6-7,9,11-14H2,1-2H3,(H,22,28)(H,23,27). The maximum Gasteiger partial charge on any atom is 0.287 e. The van der Waals surface area contributed by atoms with Crippen LogP contribution in [0.1, 0.15) is 51.8 Å². The number of imidazole rings is 1. The first-order chi connectivity index (χ1) is 13.6. The molecule has 0 radical (unpaired) electrons. The van der Waals surface area contributed by atoms with Crippen LogP contribution in [0.3, 0.4) is 0 Å². The van der Waals surface area contributed by atoms with E-state index in [0.29, 0.717) is 24.6 Å². The van der Waals surface area contributed by atoms with E-state index >= 15 is 0 Å². The molecule has 2 aromatic rings. The van der Waals surface area contributed by atoms with E-state index in [1.54, 1.807) is 6.20 Å². The summed E-state index contributed by atoms with van der Waals surface area (Å²) in [5.74, 6) is -0.142. The zero-order valence-corrected chi connectivity index (χ0v) is 16.6. The van der Waals surface area contributed by atoms with Crippen molar-refractivity contribution < 1.29 is 9.59 Å². The second-order valence-corrected chi connectivity index (χ2v) is 7.26. The molecule has 150 valence electrons. The SMILES string of the molecule is CN(C)CCCNC(=O)c1nc(C(=O)NCc2ccccn2)c2n1CCCC2. The number of rotatable bonds is 8. The number of amides is 2. The average molecular weight is 384 g/mol. The molecule has 0 aromatic carbocycles. The quantitative estimate of drug-likeness (QED) is 0.668. The van der Waals surface area contributed by atoms with Crippen molar-refractivity contribution in [2.75, 3.05) is 27.2 Å². The third-order valence-corrected chi connectivity index (χ3v) is 4.76. The van der Waals surface area contributed by atoms with Gasteiger partial charge in [-0.3, -0.25) is 14.6 Å². The van der Waals surface area contributed by atoms with Crippen LogP contribution in [0.25, 0.3) is 0 Å². The van der Waals surface area contributed by atoms with Crippen LogP contribution in [0.5, 0.6) is 0 Å². The van der Waals surface area contributed by atoms with Gasteiger partial charge in [-0.05, 0) is 58.5 Å². The van der Waals surface area contributed by atoms with Crippen molar-refractivity contribution in [3.05, 3.63) is 47.3 Å². The summed E-state index contributed by atoms with van der Waals surface area (Å²) in [5, 5.41) is 5.79. The van der Waals surface area contributed by atoms with Crippen LogP contribution in [0.2, 0.25) is 0 Å². The van der Waals surface area contributed by atoms with Gasteiger partial charge in [0.1, 0.15) is 5.69 Å². The Kier molecular flexibility index (Phi) is 6.76. The van der Waals surface area contributed by atoms with Gasteiger partial charge in [0.15, 0.2) is 5.82 Å². The Labute approximate surface area is 165 Å². The predicted octanol–water partition coefficient (Wildman–Crippen LogP) is 1.23. The van der Waals surface area contributed by atoms with Gasteiger partial charge in [0.2, 0.25) is 0 Å². The van der Waals surface area contributed by atoms with Gasteiger partial charge in [0.05, 0.1) is 17.9 Å². The van der Waals surface area contributed by atoms with E-state index in [1.807, 2.05) is 36.9 Å². The van der Waals surface area contributed by atoms with E-state index < -0.39 is 0 Å². The van der Waals surface area contributed by atoms with Gasteiger partial charge in [-0.2, -0.15) is 0 Å². The maximum absolute atomic E-state index is 12.7. The number of aromatic nitrogens is 3. The third-order valence-electron chi connectivity index (χ3n) is 4.76. The highest BCUT2D eigenvalue weighted by atomic mass is 16.2. The van der Waals surface area contributed by atoms with Crippen molar-refractivity contribution in [1.82, 2.24) is 30.1 Å². The van der Waals surface area contributed by atoms with Crippen molar-refractivity contribution in [2.45, 2.75) is 38.8 Å². The molecule has 8 nitrogen and oxygen atoms in total. The minimum atomic E-state index is -0.261. The molecule has 28 heavy (non-hydrogen) atoms. The molecule has 3 rings (SSSR count). The fourth-order valence-electron chi connectivity index (χ4n) is 3.33. The molecular formula is C20H28N6O2. The van der Waals surface area contributed by atoms with Gasteiger partial charge in [0.25, 0.3) is 11.8 Å². The highest BCUT2D eigenvalue weighted by Gasteiger charge is 2.27. The molecule has 0 unspecified atom stereocenters. The smallest absolute Gasteiger partial charge is 0.287 e. The summed E-state index contributed by atoms with van der Waals surface area (Å²) in [6.07, 6.45) is 5.30. The molecule has 2 aromatic heterocycles. The van der Waals surface area contributed by atoms with Crippen molar-refractivity contribution in [3.8, 4) is 0 Å². The van der Waals surface area contributed by atoms with Crippen molar-refractivity contribution in [2.24, 2.45) is 0 Å². The van der Waals surface area contributed by atoms with Crippen LogP contribution in [0, 0.1) is 0 Å². The van der Waals surface area contributed by atoms with Gasteiger partial charge in [-0.15, -0.1) is 0 Å². The fourth-order valence-corrected chi connectivity index (χ4v) is 3.33. The highest BCUT2D eigenvalue weighted by molar-refractivity contribution is 5.97. The first-order valence-electron chi connectivity index (χ1n) is 9.76. The minimum absolute atomic E-state index is 0.217. The summed E-state index contributed by atoms with van der Waals surface area (Å²) in [6.45, 7) is 2.54. The van der Waals surface area contributed by atoms with Crippen molar-refractivity contribution >= 4 is 11.8 Å². The largest absolute Gasteiger partial charge is 0.349 e. The second kappa shape index (κ2) is 9.45. The number of pyridine rings is 1. The van der Waals surface area contributed by atoms with E-state index in [4.69, 9.17) is 0 Å². The summed E-state index contributed by atoms with van der Waals surface area (Å²) in [7, 11) is 4.01. The van der Waals surface area contributed by atoms with Crippen LogP contribution in [0.4, 0.5) is 0 Å². The molecule has 0 saturated carbocycles. The molecule has 0 atom stereocenters. The molecule has 8 heteroatoms. The molecule has 2 N–H and O–H groups in total. The molecular weight excluding hydrogens is 356 g/mol.